The summed E-state index contributed by atoms with van der Waals surface area (Å²) in [5, 5.41) is 7.09. The number of nitrogens with one attached hydrogen (secondary N) is 2. The Bertz CT molecular complexity index is 664. The molecule has 1 aromatic heterocycles. The van der Waals surface area contributed by atoms with E-state index in [2.05, 4.69) is 20.2 Å². The Hall–Kier alpha value is -2.01. The quantitative estimate of drug-likeness (QED) is 0.652. The third kappa shape index (κ3) is 3.85. The van der Waals surface area contributed by atoms with Gasteiger partial charge in [0.1, 0.15) is 5.82 Å². The zero-order valence-electron chi connectivity index (χ0n) is 13.0. The smallest absolute Gasteiger partial charge is 0.191 e. The summed E-state index contributed by atoms with van der Waals surface area (Å²) in [6, 6.07) is 9.00. The first kappa shape index (κ1) is 15.9. The van der Waals surface area contributed by atoms with Gasteiger partial charge >= 0.3 is 0 Å². The standard InChI is InChI=1S/C17H20ClFN4/c1-20-17(21-7-10-23-8-2-3-9-23)22-15-11-12(15)16-13(18)5-4-6-14(16)19/h2-6,8-9,12,15H,7,10-11H2,1H3,(H2,20,21,22). The fourth-order valence-corrected chi connectivity index (χ4v) is 3.03. The van der Waals surface area contributed by atoms with E-state index in [1.165, 1.54) is 6.07 Å². The lowest BCUT2D eigenvalue weighted by atomic mass is 10.1. The van der Waals surface area contributed by atoms with Gasteiger partial charge < -0.3 is 15.2 Å². The maximum atomic E-state index is 13.9. The minimum Gasteiger partial charge on any atom is -0.355 e. The van der Waals surface area contributed by atoms with Crippen LogP contribution in [-0.4, -0.2) is 30.2 Å². The molecule has 23 heavy (non-hydrogen) atoms. The fourth-order valence-electron chi connectivity index (χ4n) is 2.73. The number of hydrogen-bond donors (Lipinski definition) is 2. The van der Waals surface area contributed by atoms with Crippen LogP contribution < -0.4 is 10.6 Å². The van der Waals surface area contributed by atoms with E-state index in [1.54, 1.807) is 19.2 Å². The summed E-state index contributed by atoms with van der Waals surface area (Å²) in [4.78, 5) is 4.22. The van der Waals surface area contributed by atoms with E-state index in [0.717, 1.165) is 25.5 Å². The normalized spacial score (nSPS) is 20.4. The first-order valence-electron chi connectivity index (χ1n) is 7.71. The van der Waals surface area contributed by atoms with Crippen molar-refractivity contribution in [3.05, 3.63) is 59.1 Å². The highest BCUT2D eigenvalue weighted by Crippen LogP contribution is 2.44. The molecule has 4 nitrogen and oxygen atoms in total. The molecule has 0 radical (unpaired) electrons. The molecule has 0 bridgehead atoms. The molecule has 2 aromatic rings. The molecular weight excluding hydrogens is 315 g/mol. The average Bonchev–Trinajstić information content (AvgIpc) is 3.07. The van der Waals surface area contributed by atoms with Crippen LogP contribution >= 0.6 is 11.6 Å². The van der Waals surface area contributed by atoms with E-state index >= 15 is 0 Å². The number of benzene rings is 1. The Labute approximate surface area is 140 Å². The Morgan fingerprint density at radius 1 is 1.35 bits per heavy atom. The van der Waals surface area contributed by atoms with Crippen LogP contribution in [0.2, 0.25) is 5.02 Å². The second-order valence-electron chi connectivity index (χ2n) is 5.65. The van der Waals surface area contributed by atoms with Gasteiger partial charge in [-0.2, -0.15) is 0 Å². The van der Waals surface area contributed by atoms with Gasteiger partial charge in [0.05, 0.1) is 0 Å². The number of aliphatic imine (C=N–C) groups is 1. The number of hydrogen-bond acceptors (Lipinski definition) is 1. The van der Waals surface area contributed by atoms with Gasteiger partial charge in [0.2, 0.25) is 0 Å². The van der Waals surface area contributed by atoms with Gasteiger partial charge in [-0.15, -0.1) is 0 Å². The van der Waals surface area contributed by atoms with E-state index in [4.69, 9.17) is 11.6 Å². The van der Waals surface area contributed by atoms with Gasteiger partial charge in [-0.1, -0.05) is 17.7 Å². The van der Waals surface area contributed by atoms with Crippen molar-refractivity contribution in [3.8, 4) is 0 Å². The van der Waals surface area contributed by atoms with Crippen LogP contribution in [0, 0.1) is 5.82 Å². The first-order valence-corrected chi connectivity index (χ1v) is 8.08. The van der Waals surface area contributed by atoms with Crippen LogP contribution in [-0.2, 0) is 6.54 Å². The largest absolute Gasteiger partial charge is 0.355 e. The summed E-state index contributed by atoms with van der Waals surface area (Å²) < 4.78 is 16.0. The number of aromatic nitrogens is 1. The Morgan fingerprint density at radius 2 is 2.13 bits per heavy atom. The summed E-state index contributed by atoms with van der Waals surface area (Å²) in [5.74, 6) is 0.603. The summed E-state index contributed by atoms with van der Waals surface area (Å²) in [5.41, 5.74) is 0.606. The van der Waals surface area contributed by atoms with Crippen LogP contribution in [0.3, 0.4) is 0 Å². The SMILES string of the molecule is CN=C(NCCn1cccc1)NC1CC1c1c(F)cccc1Cl. The summed E-state index contributed by atoms with van der Waals surface area (Å²) in [7, 11) is 1.73. The number of guanidine groups is 1. The summed E-state index contributed by atoms with van der Waals surface area (Å²) in [6.07, 6.45) is 4.91. The number of halogens is 2. The molecule has 122 valence electrons. The third-order valence-corrected chi connectivity index (χ3v) is 4.36. The van der Waals surface area contributed by atoms with Crippen molar-refractivity contribution in [2.24, 2.45) is 4.99 Å². The molecular formula is C17H20ClFN4. The molecule has 1 aliphatic rings. The van der Waals surface area contributed by atoms with Crippen molar-refractivity contribution in [2.45, 2.75) is 24.9 Å². The van der Waals surface area contributed by atoms with Gasteiger partial charge in [0.25, 0.3) is 0 Å². The van der Waals surface area contributed by atoms with Crippen molar-refractivity contribution in [3.63, 3.8) is 0 Å². The van der Waals surface area contributed by atoms with Crippen molar-refractivity contribution in [2.75, 3.05) is 13.6 Å². The molecule has 0 spiro atoms. The summed E-state index contributed by atoms with van der Waals surface area (Å²) >= 11 is 6.12. The minimum atomic E-state index is -0.234. The molecule has 3 rings (SSSR count). The van der Waals surface area contributed by atoms with Crippen LogP contribution in [0.15, 0.2) is 47.7 Å². The molecule has 0 aliphatic heterocycles. The molecule has 1 saturated carbocycles. The molecule has 0 amide bonds. The zero-order chi connectivity index (χ0) is 16.2. The lowest BCUT2D eigenvalue weighted by Crippen LogP contribution is -2.40. The monoisotopic (exact) mass is 334 g/mol. The predicted molar refractivity (Wildman–Crippen MR) is 91.5 cm³/mol. The molecule has 2 unspecified atom stereocenters. The highest BCUT2D eigenvalue weighted by Gasteiger charge is 2.41. The Kier molecular flexibility index (Phi) is 4.86. The molecule has 1 fully saturated rings. The van der Waals surface area contributed by atoms with Gasteiger partial charge in [-0.05, 0) is 30.7 Å². The molecule has 1 aliphatic carbocycles. The second kappa shape index (κ2) is 7.04. The third-order valence-electron chi connectivity index (χ3n) is 4.04. The van der Waals surface area contributed by atoms with E-state index in [-0.39, 0.29) is 17.8 Å². The molecule has 1 aromatic carbocycles. The fraction of sp³-hybridized carbons (Fsp3) is 0.353. The highest BCUT2D eigenvalue weighted by molar-refractivity contribution is 6.31. The summed E-state index contributed by atoms with van der Waals surface area (Å²) in [6.45, 7) is 1.63. The van der Waals surface area contributed by atoms with Crippen molar-refractivity contribution in [1.29, 1.82) is 0 Å². The number of rotatable bonds is 5. The minimum absolute atomic E-state index is 0.103. The van der Waals surface area contributed by atoms with Gasteiger partial charge in [-0.3, -0.25) is 4.99 Å². The van der Waals surface area contributed by atoms with Crippen molar-refractivity contribution in [1.82, 2.24) is 15.2 Å². The second-order valence-corrected chi connectivity index (χ2v) is 6.06. The van der Waals surface area contributed by atoms with Gasteiger partial charge in [0, 0.05) is 55.1 Å². The predicted octanol–water partition coefficient (Wildman–Crippen LogP) is 3.00. The zero-order valence-corrected chi connectivity index (χ0v) is 13.7. The van der Waals surface area contributed by atoms with E-state index in [1.807, 2.05) is 24.5 Å². The average molecular weight is 335 g/mol. The van der Waals surface area contributed by atoms with Gasteiger partial charge in [0.15, 0.2) is 5.96 Å². The highest BCUT2D eigenvalue weighted by atomic mass is 35.5. The number of nitrogens with zero attached hydrogens (tertiary/aromatic N) is 2. The van der Waals surface area contributed by atoms with Crippen LogP contribution in [0.5, 0.6) is 0 Å². The molecule has 2 N–H and O–H groups in total. The Balaban J connectivity index is 1.51. The maximum absolute atomic E-state index is 13.9. The first-order chi connectivity index (χ1) is 11.2. The molecule has 6 heteroatoms. The van der Waals surface area contributed by atoms with Crippen molar-refractivity contribution >= 4 is 17.6 Å². The molecule has 0 saturated heterocycles. The lowest BCUT2D eigenvalue weighted by Gasteiger charge is -2.13. The van der Waals surface area contributed by atoms with Crippen molar-refractivity contribution < 1.29 is 4.39 Å². The van der Waals surface area contributed by atoms with Crippen LogP contribution in [0.25, 0.3) is 0 Å². The Morgan fingerprint density at radius 3 is 2.83 bits per heavy atom. The van der Waals surface area contributed by atoms with E-state index in [0.29, 0.717) is 10.6 Å². The maximum Gasteiger partial charge on any atom is 0.191 e. The van der Waals surface area contributed by atoms with E-state index in [9.17, 15) is 4.39 Å². The van der Waals surface area contributed by atoms with Crippen LogP contribution in [0.4, 0.5) is 4.39 Å². The molecule has 2 atom stereocenters. The lowest BCUT2D eigenvalue weighted by molar-refractivity contribution is 0.607. The van der Waals surface area contributed by atoms with E-state index < -0.39 is 0 Å². The topological polar surface area (TPSA) is 41.4 Å². The molecule has 1 heterocycles. The van der Waals surface area contributed by atoms with Crippen LogP contribution in [0.1, 0.15) is 17.9 Å². The van der Waals surface area contributed by atoms with Gasteiger partial charge in [-0.25, -0.2) is 4.39 Å².